The van der Waals surface area contributed by atoms with Crippen LogP contribution in [0.1, 0.15) is 21.5 Å². The summed E-state index contributed by atoms with van der Waals surface area (Å²) in [5, 5.41) is 7.77. The number of aromatic nitrogens is 2. The fourth-order valence-corrected chi connectivity index (χ4v) is 2.32. The molecule has 0 spiro atoms. The number of benzene rings is 2. The van der Waals surface area contributed by atoms with E-state index in [0.29, 0.717) is 10.6 Å². The van der Waals surface area contributed by atoms with Crippen molar-refractivity contribution in [3.63, 3.8) is 0 Å². The number of hydrogen-bond donors (Lipinski definition) is 1. The van der Waals surface area contributed by atoms with Gasteiger partial charge in [-0.3, -0.25) is 4.79 Å². The minimum Gasteiger partial charge on any atom is -0.322 e. The van der Waals surface area contributed by atoms with Gasteiger partial charge in [0.2, 0.25) is 0 Å². The molecule has 1 heterocycles. The number of nitrogens with zero attached hydrogens (tertiary/aromatic N) is 2. The second-order valence-corrected chi connectivity index (χ2v) is 5.84. The van der Waals surface area contributed by atoms with Gasteiger partial charge in [0, 0.05) is 16.9 Å². The van der Waals surface area contributed by atoms with Crippen LogP contribution in [0.25, 0.3) is 5.69 Å². The average molecular weight is 326 g/mol. The third-order valence-corrected chi connectivity index (χ3v) is 3.95. The van der Waals surface area contributed by atoms with E-state index in [-0.39, 0.29) is 5.91 Å². The van der Waals surface area contributed by atoms with E-state index < -0.39 is 0 Å². The first kappa shape index (κ1) is 15.3. The number of carbonyl (C=O) groups is 1. The van der Waals surface area contributed by atoms with Crippen molar-refractivity contribution in [3.05, 3.63) is 76.6 Å². The lowest BCUT2D eigenvalue weighted by Crippen LogP contribution is -2.11. The molecule has 0 fully saturated rings. The maximum atomic E-state index is 12.3. The van der Waals surface area contributed by atoms with E-state index in [0.717, 1.165) is 16.9 Å². The Morgan fingerprint density at radius 1 is 1.09 bits per heavy atom. The molecule has 0 unspecified atom stereocenters. The summed E-state index contributed by atoms with van der Waals surface area (Å²) in [6, 6.07) is 13.1. The van der Waals surface area contributed by atoms with Crippen LogP contribution in [0.5, 0.6) is 0 Å². The molecule has 3 aromatic rings. The second kappa shape index (κ2) is 6.26. The third kappa shape index (κ3) is 3.43. The first-order valence-electron chi connectivity index (χ1n) is 7.22. The molecule has 1 amide bonds. The highest BCUT2D eigenvalue weighted by Gasteiger charge is 2.10. The Bertz CT molecular complexity index is 853. The molecule has 3 rings (SSSR count). The molecule has 0 saturated heterocycles. The van der Waals surface area contributed by atoms with Crippen molar-refractivity contribution in [2.75, 3.05) is 5.32 Å². The molecule has 0 atom stereocenters. The molecule has 0 saturated carbocycles. The standard InChI is InChI=1S/C18H16ClN3O/c1-12-3-6-16(9-13(12)2)21-18(23)14-10-20-22(11-14)17-7-4-15(19)5-8-17/h3-11H,1-2H3,(H,21,23). The quantitative estimate of drug-likeness (QED) is 0.776. The SMILES string of the molecule is Cc1ccc(NC(=O)c2cnn(-c3ccc(Cl)cc3)c2)cc1C. The van der Waals surface area contributed by atoms with Crippen molar-refractivity contribution in [1.29, 1.82) is 0 Å². The Morgan fingerprint density at radius 2 is 1.83 bits per heavy atom. The highest BCUT2D eigenvalue weighted by molar-refractivity contribution is 6.30. The highest BCUT2D eigenvalue weighted by Crippen LogP contribution is 2.16. The van der Waals surface area contributed by atoms with E-state index in [4.69, 9.17) is 11.6 Å². The topological polar surface area (TPSA) is 46.9 Å². The molecule has 23 heavy (non-hydrogen) atoms. The van der Waals surface area contributed by atoms with Crippen LogP contribution in [0.3, 0.4) is 0 Å². The van der Waals surface area contributed by atoms with Gasteiger partial charge in [0.15, 0.2) is 0 Å². The molecule has 5 heteroatoms. The largest absolute Gasteiger partial charge is 0.322 e. The Labute approximate surface area is 139 Å². The lowest BCUT2D eigenvalue weighted by Gasteiger charge is -2.06. The fraction of sp³-hybridized carbons (Fsp3) is 0.111. The molecule has 116 valence electrons. The Hall–Kier alpha value is -2.59. The summed E-state index contributed by atoms with van der Waals surface area (Å²) >= 11 is 5.88. The number of carbonyl (C=O) groups excluding carboxylic acids is 1. The van der Waals surface area contributed by atoms with Gasteiger partial charge < -0.3 is 5.32 Å². The van der Waals surface area contributed by atoms with Gasteiger partial charge in [0.05, 0.1) is 17.4 Å². The zero-order valence-electron chi connectivity index (χ0n) is 12.9. The predicted octanol–water partition coefficient (Wildman–Crippen LogP) is 4.39. The number of nitrogens with one attached hydrogen (secondary N) is 1. The van der Waals surface area contributed by atoms with Crippen molar-refractivity contribution < 1.29 is 4.79 Å². The molecule has 0 aliphatic heterocycles. The average Bonchev–Trinajstić information content (AvgIpc) is 3.02. The molecule has 0 aliphatic rings. The van der Waals surface area contributed by atoms with E-state index in [1.165, 1.54) is 5.56 Å². The molecular weight excluding hydrogens is 310 g/mol. The van der Waals surface area contributed by atoms with E-state index in [9.17, 15) is 4.79 Å². The molecule has 2 aromatic carbocycles. The van der Waals surface area contributed by atoms with Crippen LogP contribution >= 0.6 is 11.6 Å². The molecule has 0 bridgehead atoms. The van der Waals surface area contributed by atoms with Gasteiger partial charge in [-0.15, -0.1) is 0 Å². The van der Waals surface area contributed by atoms with Gasteiger partial charge in [-0.2, -0.15) is 5.10 Å². The zero-order valence-corrected chi connectivity index (χ0v) is 13.6. The van der Waals surface area contributed by atoms with Gasteiger partial charge >= 0.3 is 0 Å². The number of anilines is 1. The van der Waals surface area contributed by atoms with Gasteiger partial charge in [0.25, 0.3) is 5.91 Å². The number of hydrogen-bond acceptors (Lipinski definition) is 2. The van der Waals surface area contributed by atoms with Crippen LogP contribution in [-0.4, -0.2) is 15.7 Å². The second-order valence-electron chi connectivity index (χ2n) is 5.40. The number of halogens is 1. The summed E-state index contributed by atoms with van der Waals surface area (Å²) in [7, 11) is 0. The van der Waals surface area contributed by atoms with Gasteiger partial charge in [-0.05, 0) is 61.4 Å². The summed E-state index contributed by atoms with van der Waals surface area (Å²) in [4.78, 5) is 12.3. The lowest BCUT2D eigenvalue weighted by atomic mass is 10.1. The number of aryl methyl sites for hydroxylation is 2. The minimum atomic E-state index is -0.187. The summed E-state index contributed by atoms with van der Waals surface area (Å²) in [6.45, 7) is 4.06. The summed E-state index contributed by atoms with van der Waals surface area (Å²) < 4.78 is 1.64. The molecule has 0 aliphatic carbocycles. The van der Waals surface area contributed by atoms with Crippen molar-refractivity contribution >= 4 is 23.2 Å². The molecular formula is C18H16ClN3O. The van der Waals surface area contributed by atoms with E-state index >= 15 is 0 Å². The normalized spacial score (nSPS) is 10.6. The Morgan fingerprint density at radius 3 is 2.52 bits per heavy atom. The van der Waals surface area contributed by atoms with Crippen LogP contribution in [0.15, 0.2) is 54.9 Å². The van der Waals surface area contributed by atoms with E-state index in [1.807, 2.05) is 44.2 Å². The first-order valence-corrected chi connectivity index (χ1v) is 7.60. The highest BCUT2D eigenvalue weighted by atomic mass is 35.5. The van der Waals surface area contributed by atoms with E-state index in [1.54, 1.807) is 29.2 Å². The maximum Gasteiger partial charge on any atom is 0.258 e. The van der Waals surface area contributed by atoms with Crippen LogP contribution in [-0.2, 0) is 0 Å². The molecule has 1 N–H and O–H groups in total. The number of rotatable bonds is 3. The predicted molar refractivity (Wildman–Crippen MR) is 92.4 cm³/mol. The summed E-state index contributed by atoms with van der Waals surface area (Å²) in [6.07, 6.45) is 3.24. The van der Waals surface area contributed by atoms with Crippen LogP contribution in [0.4, 0.5) is 5.69 Å². The van der Waals surface area contributed by atoms with Crippen molar-refractivity contribution in [3.8, 4) is 5.69 Å². The Balaban J connectivity index is 1.78. The van der Waals surface area contributed by atoms with Gasteiger partial charge in [-0.25, -0.2) is 4.68 Å². The van der Waals surface area contributed by atoms with Crippen molar-refractivity contribution in [2.45, 2.75) is 13.8 Å². The van der Waals surface area contributed by atoms with Crippen molar-refractivity contribution in [1.82, 2.24) is 9.78 Å². The maximum absolute atomic E-state index is 12.3. The fourth-order valence-electron chi connectivity index (χ4n) is 2.20. The lowest BCUT2D eigenvalue weighted by molar-refractivity contribution is 0.102. The van der Waals surface area contributed by atoms with Crippen LogP contribution in [0, 0.1) is 13.8 Å². The Kier molecular flexibility index (Phi) is 4.17. The third-order valence-electron chi connectivity index (χ3n) is 3.70. The van der Waals surface area contributed by atoms with Gasteiger partial charge in [0.1, 0.15) is 0 Å². The smallest absolute Gasteiger partial charge is 0.258 e. The summed E-state index contributed by atoms with van der Waals surface area (Å²) in [5.74, 6) is -0.187. The van der Waals surface area contributed by atoms with E-state index in [2.05, 4.69) is 10.4 Å². The summed E-state index contributed by atoms with van der Waals surface area (Å²) in [5.41, 5.74) is 4.45. The molecule has 0 radical (unpaired) electrons. The molecule has 4 nitrogen and oxygen atoms in total. The van der Waals surface area contributed by atoms with Crippen LogP contribution in [0.2, 0.25) is 5.02 Å². The minimum absolute atomic E-state index is 0.187. The van der Waals surface area contributed by atoms with Crippen LogP contribution < -0.4 is 5.32 Å². The van der Waals surface area contributed by atoms with Gasteiger partial charge in [-0.1, -0.05) is 17.7 Å². The molecule has 1 aromatic heterocycles. The van der Waals surface area contributed by atoms with Crippen molar-refractivity contribution in [2.24, 2.45) is 0 Å². The monoisotopic (exact) mass is 325 g/mol. The first-order chi connectivity index (χ1) is 11.0. The number of amides is 1. The zero-order chi connectivity index (χ0) is 16.4.